The van der Waals surface area contributed by atoms with Crippen molar-refractivity contribution in [3.63, 3.8) is 0 Å². The molecule has 18 heavy (non-hydrogen) atoms. The van der Waals surface area contributed by atoms with Crippen LogP contribution in [0.25, 0.3) is 0 Å². The summed E-state index contributed by atoms with van der Waals surface area (Å²) in [6, 6.07) is 10.1. The number of carbonyl (C=O) groups excluding carboxylic acids is 1. The van der Waals surface area contributed by atoms with E-state index in [0.717, 1.165) is 5.56 Å². The van der Waals surface area contributed by atoms with Gasteiger partial charge in [-0.05, 0) is 25.3 Å². The van der Waals surface area contributed by atoms with E-state index in [1.165, 1.54) is 0 Å². The molecule has 0 saturated heterocycles. The van der Waals surface area contributed by atoms with Crippen molar-refractivity contribution < 1.29 is 9.53 Å². The Morgan fingerprint density at radius 3 is 2.44 bits per heavy atom. The Balaban J connectivity index is 2.71. The third-order valence-corrected chi connectivity index (χ3v) is 3.36. The molecule has 1 atom stereocenters. The minimum absolute atomic E-state index is 0.167. The maximum absolute atomic E-state index is 12.0. The molecule has 0 amide bonds. The summed E-state index contributed by atoms with van der Waals surface area (Å²) >= 11 is 0. The van der Waals surface area contributed by atoms with Crippen molar-refractivity contribution in [3.8, 4) is 0 Å². The average Bonchev–Trinajstić information content (AvgIpc) is 2.37. The van der Waals surface area contributed by atoms with Gasteiger partial charge in [0.15, 0.2) is 0 Å². The molecule has 0 aliphatic carbocycles. The van der Waals surface area contributed by atoms with Gasteiger partial charge in [0.05, 0.1) is 6.61 Å². The summed E-state index contributed by atoms with van der Waals surface area (Å²) in [7, 11) is 0. The third kappa shape index (κ3) is 3.57. The Labute approximate surface area is 110 Å². The van der Waals surface area contributed by atoms with E-state index in [-0.39, 0.29) is 11.9 Å². The number of carbonyl (C=O) groups is 1. The second kappa shape index (κ2) is 6.55. The maximum Gasteiger partial charge on any atom is 0.326 e. The van der Waals surface area contributed by atoms with Crippen LogP contribution in [0.2, 0.25) is 0 Å². The van der Waals surface area contributed by atoms with Gasteiger partial charge in [-0.25, -0.2) is 0 Å². The van der Waals surface area contributed by atoms with Gasteiger partial charge in [0.2, 0.25) is 0 Å². The van der Waals surface area contributed by atoms with Gasteiger partial charge >= 0.3 is 5.97 Å². The van der Waals surface area contributed by atoms with Crippen LogP contribution in [0.5, 0.6) is 0 Å². The van der Waals surface area contributed by atoms with Gasteiger partial charge in [-0.3, -0.25) is 10.1 Å². The SMILES string of the molecule is CCOC(=O)C(C)(NCc1ccccc1)C(C)C. The first-order chi connectivity index (χ1) is 8.50. The van der Waals surface area contributed by atoms with E-state index in [0.29, 0.717) is 13.2 Å². The monoisotopic (exact) mass is 249 g/mol. The van der Waals surface area contributed by atoms with E-state index >= 15 is 0 Å². The van der Waals surface area contributed by atoms with Crippen LogP contribution in [0, 0.1) is 5.92 Å². The molecule has 0 bridgehead atoms. The Morgan fingerprint density at radius 1 is 1.33 bits per heavy atom. The van der Waals surface area contributed by atoms with Gasteiger partial charge in [-0.1, -0.05) is 44.2 Å². The van der Waals surface area contributed by atoms with E-state index < -0.39 is 5.54 Å². The van der Waals surface area contributed by atoms with Crippen molar-refractivity contribution in [1.29, 1.82) is 0 Å². The number of esters is 1. The van der Waals surface area contributed by atoms with Crippen LogP contribution in [0.3, 0.4) is 0 Å². The summed E-state index contributed by atoms with van der Waals surface area (Å²) in [6.45, 7) is 8.85. The largest absolute Gasteiger partial charge is 0.465 e. The van der Waals surface area contributed by atoms with Crippen molar-refractivity contribution >= 4 is 5.97 Å². The minimum Gasteiger partial charge on any atom is -0.465 e. The summed E-state index contributed by atoms with van der Waals surface area (Å²) in [6.07, 6.45) is 0. The second-order valence-electron chi connectivity index (χ2n) is 4.92. The van der Waals surface area contributed by atoms with Gasteiger partial charge in [0, 0.05) is 6.54 Å². The Kier molecular flexibility index (Phi) is 5.35. The molecule has 0 radical (unpaired) electrons. The molecule has 3 heteroatoms. The highest BCUT2D eigenvalue weighted by Crippen LogP contribution is 2.19. The number of nitrogens with one attached hydrogen (secondary N) is 1. The zero-order chi connectivity index (χ0) is 13.6. The van der Waals surface area contributed by atoms with Crippen molar-refractivity contribution in [3.05, 3.63) is 35.9 Å². The molecule has 3 nitrogen and oxygen atoms in total. The first-order valence-corrected chi connectivity index (χ1v) is 6.47. The van der Waals surface area contributed by atoms with Crippen LogP contribution < -0.4 is 5.32 Å². The smallest absolute Gasteiger partial charge is 0.326 e. The fraction of sp³-hybridized carbons (Fsp3) is 0.533. The lowest BCUT2D eigenvalue weighted by Gasteiger charge is -2.32. The molecule has 0 saturated carbocycles. The molecule has 1 unspecified atom stereocenters. The third-order valence-electron chi connectivity index (χ3n) is 3.36. The standard InChI is InChI=1S/C15H23NO2/c1-5-18-14(17)15(4,12(2)3)16-11-13-9-7-6-8-10-13/h6-10,12,16H,5,11H2,1-4H3. The Bertz CT molecular complexity index is 375. The van der Waals surface area contributed by atoms with Crippen LogP contribution >= 0.6 is 0 Å². The van der Waals surface area contributed by atoms with Crippen LogP contribution in [0.4, 0.5) is 0 Å². The average molecular weight is 249 g/mol. The molecule has 1 aromatic carbocycles. The minimum atomic E-state index is -0.647. The summed E-state index contributed by atoms with van der Waals surface area (Å²) in [5, 5.41) is 3.32. The fourth-order valence-corrected chi connectivity index (χ4v) is 1.67. The fourth-order valence-electron chi connectivity index (χ4n) is 1.67. The van der Waals surface area contributed by atoms with Gasteiger partial charge in [0.1, 0.15) is 5.54 Å². The topological polar surface area (TPSA) is 38.3 Å². The van der Waals surface area contributed by atoms with Crippen molar-refractivity contribution in [2.45, 2.75) is 39.8 Å². The van der Waals surface area contributed by atoms with Crippen LogP contribution in [-0.4, -0.2) is 18.1 Å². The Morgan fingerprint density at radius 2 is 1.94 bits per heavy atom. The lowest BCUT2D eigenvalue weighted by molar-refractivity contribution is -0.152. The van der Waals surface area contributed by atoms with Crippen molar-refractivity contribution in [1.82, 2.24) is 5.32 Å². The van der Waals surface area contributed by atoms with Crippen LogP contribution in [0.15, 0.2) is 30.3 Å². The van der Waals surface area contributed by atoms with Crippen molar-refractivity contribution in [2.24, 2.45) is 5.92 Å². The molecular weight excluding hydrogens is 226 g/mol. The number of ether oxygens (including phenoxy) is 1. The van der Waals surface area contributed by atoms with Gasteiger partial charge < -0.3 is 4.74 Å². The number of rotatable bonds is 6. The predicted octanol–water partition coefficient (Wildman–Crippen LogP) is 2.75. The molecule has 0 aromatic heterocycles. The highest BCUT2D eigenvalue weighted by Gasteiger charge is 2.37. The molecule has 0 aliphatic heterocycles. The molecule has 100 valence electrons. The van der Waals surface area contributed by atoms with E-state index in [2.05, 4.69) is 5.32 Å². The van der Waals surface area contributed by atoms with Crippen LogP contribution in [-0.2, 0) is 16.1 Å². The molecule has 0 fully saturated rings. The first-order valence-electron chi connectivity index (χ1n) is 6.47. The molecule has 1 aromatic rings. The summed E-state index contributed by atoms with van der Waals surface area (Å²) in [5.41, 5.74) is 0.514. The lowest BCUT2D eigenvalue weighted by atomic mass is 9.88. The number of hydrogen-bond acceptors (Lipinski definition) is 3. The summed E-state index contributed by atoms with van der Waals surface area (Å²) < 4.78 is 5.16. The highest BCUT2D eigenvalue weighted by atomic mass is 16.5. The number of hydrogen-bond donors (Lipinski definition) is 1. The van der Waals surface area contributed by atoms with Gasteiger partial charge in [0.25, 0.3) is 0 Å². The highest BCUT2D eigenvalue weighted by molar-refractivity contribution is 5.80. The molecule has 1 N–H and O–H groups in total. The number of benzene rings is 1. The normalized spacial score (nSPS) is 14.3. The predicted molar refractivity (Wildman–Crippen MR) is 73.2 cm³/mol. The lowest BCUT2D eigenvalue weighted by Crippen LogP contribution is -2.54. The first kappa shape index (κ1) is 14.7. The van der Waals surface area contributed by atoms with E-state index in [1.54, 1.807) is 0 Å². The quantitative estimate of drug-likeness (QED) is 0.788. The molecule has 0 aliphatic rings. The van der Waals surface area contributed by atoms with E-state index in [9.17, 15) is 4.79 Å². The van der Waals surface area contributed by atoms with Gasteiger partial charge in [-0.2, -0.15) is 0 Å². The molecule has 0 heterocycles. The maximum atomic E-state index is 12.0. The molecule has 1 rings (SSSR count). The second-order valence-corrected chi connectivity index (χ2v) is 4.92. The summed E-state index contributed by atoms with van der Waals surface area (Å²) in [5.74, 6) is -0.0174. The zero-order valence-electron chi connectivity index (χ0n) is 11.7. The zero-order valence-corrected chi connectivity index (χ0v) is 11.7. The molecule has 0 spiro atoms. The van der Waals surface area contributed by atoms with Gasteiger partial charge in [-0.15, -0.1) is 0 Å². The van der Waals surface area contributed by atoms with Crippen LogP contribution in [0.1, 0.15) is 33.3 Å². The summed E-state index contributed by atoms with van der Waals surface area (Å²) in [4.78, 5) is 12.0. The van der Waals surface area contributed by atoms with E-state index in [1.807, 2.05) is 58.0 Å². The van der Waals surface area contributed by atoms with E-state index in [4.69, 9.17) is 4.74 Å². The Hall–Kier alpha value is -1.35. The molecular formula is C15H23NO2. The van der Waals surface area contributed by atoms with Crippen molar-refractivity contribution in [2.75, 3.05) is 6.61 Å².